The maximum atomic E-state index is 14.4. The van der Waals surface area contributed by atoms with E-state index < -0.39 is 0 Å². The van der Waals surface area contributed by atoms with Crippen molar-refractivity contribution in [2.75, 3.05) is 0 Å². The van der Waals surface area contributed by atoms with E-state index in [4.69, 9.17) is 4.52 Å². The molecule has 0 radical (unpaired) electrons. The van der Waals surface area contributed by atoms with Gasteiger partial charge in [-0.05, 0) is 49.5 Å². The van der Waals surface area contributed by atoms with Gasteiger partial charge >= 0.3 is 0 Å². The molecule has 0 unspecified atom stereocenters. The van der Waals surface area contributed by atoms with E-state index >= 15 is 0 Å². The van der Waals surface area contributed by atoms with Crippen LogP contribution in [0.1, 0.15) is 57.3 Å². The number of benzene rings is 1. The molecular formula is C26H32FN3O. The number of nitrogens with one attached hydrogen (secondary N) is 2. The molecule has 0 fully saturated rings. The molecule has 0 saturated carbocycles. The second-order valence-corrected chi connectivity index (χ2v) is 7.95. The number of hydrogen-bond donors (Lipinski definition) is 2. The molecular weight excluding hydrogens is 389 g/mol. The highest BCUT2D eigenvalue weighted by Crippen LogP contribution is 2.36. The molecule has 1 aromatic carbocycles. The lowest BCUT2D eigenvalue weighted by molar-refractivity contribution is 0.399. The molecule has 1 aliphatic heterocycles. The zero-order valence-corrected chi connectivity index (χ0v) is 18.7. The van der Waals surface area contributed by atoms with Crippen molar-refractivity contribution in [3.63, 3.8) is 0 Å². The van der Waals surface area contributed by atoms with Gasteiger partial charge in [-0.25, -0.2) is 4.39 Å². The van der Waals surface area contributed by atoms with Gasteiger partial charge in [-0.3, -0.25) is 0 Å². The van der Waals surface area contributed by atoms with Crippen LogP contribution in [0.15, 0.2) is 71.2 Å². The third kappa shape index (κ3) is 5.16. The van der Waals surface area contributed by atoms with E-state index in [0.717, 1.165) is 53.8 Å². The number of hydrogen-bond acceptors (Lipinski definition) is 4. The van der Waals surface area contributed by atoms with Gasteiger partial charge in [0.15, 0.2) is 0 Å². The van der Waals surface area contributed by atoms with Crippen LogP contribution in [0.5, 0.6) is 0 Å². The van der Waals surface area contributed by atoms with Crippen molar-refractivity contribution in [2.24, 2.45) is 0 Å². The lowest BCUT2D eigenvalue weighted by atomic mass is 9.92. The highest BCUT2D eigenvalue weighted by Gasteiger charge is 2.22. The normalized spacial score (nSPS) is 13.5. The molecule has 5 heteroatoms. The molecule has 0 atom stereocenters. The van der Waals surface area contributed by atoms with Crippen molar-refractivity contribution in [3.05, 3.63) is 83.8 Å². The zero-order valence-electron chi connectivity index (χ0n) is 18.7. The van der Waals surface area contributed by atoms with Crippen LogP contribution in [0.2, 0.25) is 0 Å². The monoisotopic (exact) mass is 421 g/mol. The molecule has 0 spiro atoms. The summed E-state index contributed by atoms with van der Waals surface area (Å²) in [5.74, 6) is 0.283. The van der Waals surface area contributed by atoms with E-state index in [1.54, 1.807) is 18.2 Å². The minimum absolute atomic E-state index is 0.334. The first-order chi connectivity index (χ1) is 15.0. The first-order valence-electron chi connectivity index (χ1n) is 11.0. The highest BCUT2D eigenvalue weighted by atomic mass is 19.1. The lowest BCUT2D eigenvalue weighted by Gasteiger charge is -2.24. The Balaban J connectivity index is 1.74. The summed E-state index contributed by atoms with van der Waals surface area (Å²) in [5, 5.41) is 11.0. The van der Waals surface area contributed by atoms with Crippen molar-refractivity contribution < 1.29 is 8.91 Å². The van der Waals surface area contributed by atoms with Crippen LogP contribution >= 0.6 is 0 Å². The third-order valence-electron chi connectivity index (χ3n) is 5.59. The van der Waals surface area contributed by atoms with E-state index in [2.05, 4.69) is 48.9 Å². The Morgan fingerprint density at radius 3 is 2.55 bits per heavy atom. The minimum Gasteiger partial charge on any atom is -0.381 e. The zero-order chi connectivity index (χ0) is 22.4. The van der Waals surface area contributed by atoms with Crippen LogP contribution in [0.4, 0.5) is 4.39 Å². The van der Waals surface area contributed by atoms with Gasteiger partial charge in [0.1, 0.15) is 17.3 Å². The number of nitrogens with zero attached hydrogens (tertiary/aromatic N) is 1. The smallest absolute Gasteiger partial charge is 0.142 e. The topological polar surface area (TPSA) is 50.1 Å². The Bertz CT molecular complexity index is 1010. The summed E-state index contributed by atoms with van der Waals surface area (Å²) in [6.07, 6.45) is 9.28. The van der Waals surface area contributed by atoms with Gasteiger partial charge in [-0.2, -0.15) is 0 Å². The van der Waals surface area contributed by atoms with Gasteiger partial charge in [-0.15, -0.1) is 0 Å². The molecule has 164 valence electrons. The maximum absolute atomic E-state index is 14.4. The minimum atomic E-state index is -0.334. The number of rotatable bonds is 10. The van der Waals surface area contributed by atoms with Gasteiger partial charge in [-0.1, -0.05) is 63.2 Å². The molecule has 1 aliphatic rings. The Hall–Kier alpha value is -3.08. The SMILES string of the molecule is C=C(NC(CCC)CCC)C1=CCC(C(=C)c2c(-c3ccccc3F)noc2C)=CN1. The Morgan fingerprint density at radius 2 is 1.94 bits per heavy atom. The molecule has 2 heterocycles. The molecule has 3 rings (SSSR count). The van der Waals surface area contributed by atoms with Crippen LogP contribution in [0, 0.1) is 12.7 Å². The Kier molecular flexibility index (Phi) is 7.50. The molecule has 2 aromatic rings. The number of halogens is 1. The van der Waals surface area contributed by atoms with Crippen LogP contribution in [-0.4, -0.2) is 11.2 Å². The summed E-state index contributed by atoms with van der Waals surface area (Å²) < 4.78 is 19.8. The first kappa shape index (κ1) is 22.6. The Morgan fingerprint density at radius 1 is 1.23 bits per heavy atom. The molecule has 4 nitrogen and oxygen atoms in total. The van der Waals surface area contributed by atoms with Crippen LogP contribution in [-0.2, 0) is 0 Å². The summed E-state index contributed by atoms with van der Waals surface area (Å²) in [4.78, 5) is 0. The molecule has 0 saturated heterocycles. The highest BCUT2D eigenvalue weighted by molar-refractivity contribution is 5.87. The summed E-state index contributed by atoms with van der Waals surface area (Å²) >= 11 is 0. The van der Waals surface area contributed by atoms with Gasteiger partial charge in [0, 0.05) is 17.8 Å². The largest absolute Gasteiger partial charge is 0.381 e. The fourth-order valence-corrected chi connectivity index (χ4v) is 3.95. The number of aryl methyl sites for hydroxylation is 1. The van der Waals surface area contributed by atoms with Crippen LogP contribution in [0.25, 0.3) is 16.8 Å². The summed E-state index contributed by atoms with van der Waals surface area (Å²) in [6, 6.07) is 7.01. The molecule has 0 aliphatic carbocycles. The predicted molar refractivity (Wildman–Crippen MR) is 125 cm³/mol. The van der Waals surface area contributed by atoms with E-state index in [-0.39, 0.29) is 5.82 Å². The fraction of sp³-hybridized carbons (Fsp3) is 0.346. The van der Waals surface area contributed by atoms with E-state index in [9.17, 15) is 4.39 Å². The predicted octanol–water partition coefficient (Wildman–Crippen LogP) is 6.64. The average molecular weight is 422 g/mol. The van der Waals surface area contributed by atoms with Crippen molar-refractivity contribution in [2.45, 2.75) is 58.9 Å². The standard InChI is InChI=1S/C26H32FN3O/c1-6-10-21(11-7-2)29-18(4)24-15-14-20(16-28-24)17(3)25-19(5)31-30-26(25)22-12-8-9-13-23(22)27/h8-9,12-13,15-16,21,28-29H,3-4,6-7,10-11,14H2,1-2,5H3. The van der Waals surface area contributed by atoms with Crippen molar-refractivity contribution >= 4 is 5.57 Å². The number of allylic oxidation sites excluding steroid dienone is 3. The average Bonchev–Trinajstić information content (AvgIpc) is 3.15. The first-order valence-corrected chi connectivity index (χ1v) is 11.0. The maximum Gasteiger partial charge on any atom is 0.142 e. The molecule has 1 aromatic heterocycles. The molecule has 0 amide bonds. The van der Waals surface area contributed by atoms with E-state index in [1.807, 2.05) is 13.1 Å². The number of aromatic nitrogens is 1. The summed E-state index contributed by atoms with van der Waals surface area (Å²) in [7, 11) is 0. The van der Waals surface area contributed by atoms with Crippen molar-refractivity contribution in [1.82, 2.24) is 15.8 Å². The number of dihydropyridines is 1. The quantitative estimate of drug-likeness (QED) is 0.452. The van der Waals surface area contributed by atoms with E-state index in [1.165, 1.54) is 6.07 Å². The van der Waals surface area contributed by atoms with Gasteiger partial charge in [0.25, 0.3) is 0 Å². The van der Waals surface area contributed by atoms with Gasteiger partial charge < -0.3 is 15.2 Å². The lowest BCUT2D eigenvalue weighted by Crippen LogP contribution is -2.31. The molecule has 2 N–H and O–H groups in total. The summed E-state index contributed by atoms with van der Waals surface area (Å²) in [5.41, 5.74) is 5.27. The van der Waals surface area contributed by atoms with Crippen molar-refractivity contribution in [1.29, 1.82) is 0 Å². The second kappa shape index (κ2) is 10.3. The third-order valence-corrected chi connectivity index (χ3v) is 5.59. The second-order valence-electron chi connectivity index (χ2n) is 7.95. The van der Waals surface area contributed by atoms with Crippen molar-refractivity contribution in [3.8, 4) is 11.3 Å². The molecule has 0 bridgehead atoms. The summed E-state index contributed by atoms with van der Waals surface area (Å²) in [6.45, 7) is 14.7. The van der Waals surface area contributed by atoms with Gasteiger partial charge in [0.2, 0.25) is 0 Å². The van der Waals surface area contributed by atoms with Gasteiger partial charge in [0.05, 0.1) is 17.0 Å². The fourth-order valence-electron chi connectivity index (χ4n) is 3.95. The van der Waals surface area contributed by atoms with E-state index in [0.29, 0.717) is 29.5 Å². The van der Waals surface area contributed by atoms with Crippen LogP contribution < -0.4 is 10.6 Å². The van der Waals surface area contributed by atoms with Crippen LogP contribution in [0.3, 0.4) is 0 Å². The molecule has 31 heavy (non-hydrogen) atoms. The Labute approximate surface area is 184 Å².